The molecule has 0 radical (unpaired) electrons. The fourth-order valence-electron chi connectivity index (χ4n) is 3.64. The summed E-state index contributed by atoms with van der Waals surface area (Å²) in [6.07, 6.45) is 2.45. The minimum Gasteiger partial charge on any atom is -0.377 e. The lowest BCUT2D eigenvalue weighted by atomic mass is 9.95. The molecule has 0 spiro atoms. The zero-order chi connectivity index (χ0) is 17.3. The van der Waals surface area contributed by atoms with Crippen molar-refractivity contribution in [1.82, 2.24) is 14.6 Å². The molecule has 6 nitrogen and oxygen atoms in total. The Morgan fingerprint density at radius 3 is 2.88 bits per heavy atom. The lowest BCUT2D eigenvalue weighted by Gasteiger charge is -2.36. The first kappa shape index (κ1) is 16.8. The van der Waals surface area contributed by atoms with Crippen LogP contribution in [0.5, 0.6) is 0 Å². The van der Waals surface area contributed by atoms with Crippen molar-refractivity contribution in [1.29, 1.82) is 0 Å². The maximum absolute atomic E-state index is 13.0. The maximum atomic E-state index is 13.0. The molecule has 6 heteroatoms. The largest absolute Gasteiger partial charge is 0.377 e. The monoisotopic (exact) mass is 331 g/mol. The molecular formula is C18H25N3O3. The molecule has 3 heterocycles. The number of hydrogen-bond acceptors (Lipinski definition) is 4. The van der Waals surface area contributed by atoms with Crippen LogP contribution in [0.4, 0.5) is 0 Å². The number of nitrogens with zero attached hydrogens (tertiary/aromatic N) is 3. The number of aromatic nitrogens is 2. The molecule has 3 rings (SSSR count). The van der Waals surface area contributed by atoms with E-state index in [1.165, 1.54) is 0 Å². The first-order chi connectivity index (χ1) is 11.5. The van der Waals surface area contributed by atoms with Crippen molar-refractivity contribution in [2.45, 2.75) is 39.2 Å². The summed E-state index contributed by atoms with van der Waals surface area (Å²) in [5, 5.41) is 4.00. The number of carbonyl (C=O) groups is 1. The quantitative estimate of drug-likeness (QED) is 0.864. The van der Waals surface area contributed by atoms with Gasteiger partial charge in [0.2, 0.25) is 5.91 Å². The van der Waals surface area contributed by atoms with E-state index in [1.54, 1.807) is 0 Å². The number of rotatable bonds is 4. The van der Waals surface area contributed by atoms with E-state index in [0.717, 1.165) is 22.7 Å². The van der Waals surface area contributed by atoms with Crippen LogP contribution in [-0.4, -0.2) is 40.3 Å². The van der Waals surface area contributed by atoms with Gasteiger partial charge in [-0.3, -0.25) is 4.79 Å². The number of ether oxygens (including phenoxy) is 1. The molecule has 1 saturated heterocycles. The fraction of sp³-hybridized carbons (Fsp3) is 0.556. The lowest BCUT2D eigenvalue weighted by Crippen LogP contribution is -2.44. The summed E-state index contributed by atoms with van der Waals surface area (Å²) in [7, 11) is 2.00. The van der Waals surface area contributed by atoms with Crippen LogP contribution in [-0.2, 0) is 16.6 Å². The zero-order valence-electron chi connectivity index (χ0n) is 14.8. The van der Waals surface area contributed by atoms with Crippen molar-refractivity contribution in [3.05, 3.63) is 41.0 Å². The molecule has 0 aliphatic carbocycles. The van der Waals surface area contributed by atoms with E-state index >= 15 is 0 Å². The van der Waals surface area contributed by atoms with Gasteiger partial charge in [0.25, 0.3) is 0 Å². The minimum absolute atomic E-state index is 0.0249. The summed E-state index contributed by atoms with van der Waals surface area (Å²) in [4.78, 5) is 14.9. The molecule has 2 atom stereocenters. The second kappa shape index (κ2) is 6.81. The highest BCUT2D eigenvalue weighted by molar-refractivity contribution is 5.77. The molecule has 0 N–H and O–H groups in total. The summed E-state index contributed by atoms with van der Waals surface area (Å²) in [5.41, 5.74) is 3.02. The van der Waals surface area contributed by atoms with Crippen LogP contribution in [0.2, 0.25) is 0 Å². The summed E-state index contributed by atoms with van der Waals surface area (Å²) >= 11 is 0. The summed E-state index contributed by atoms with van der Waals surface area (Å²) in [5.74, 6) is 1.03. The third-order valence-corrected chi connectivity index (χ3v) is 4.84. The third kappa shape index (κ3) is 3.11. The molecule has 2 aromatic rings. The van der Waals surface area contributed by atoms with Gasteiger partial charge in [-0.15, -0.1) is 0 Å². The van der Waals surface area contributed by atoms with Crippen molar-refractivity contribution in [3.63, 3.8) is 0 Å². The molecule has 1 amide bonds. The Labute approximate surface area is 142 Å². The Hall–Kier alpha value is -2.08. The van der Waals surface area contributed by atoms with Crippen LogP contribution in [0.3, 0.4) is 0 Å². The highest BCUT2D eigenvalue weighted by Gasteiger charge is 2.31. The SMILES string of the molecule is Cc1noc(C)c1[C@H](C)CC(=O)N1CCOC[C@@H]1c1cccn1C. The van der Waals surface area contributed by atoms with E-state index in [-0.39, 0.29) is 17.9 Å². The second-order valence-electron chi connectivity index (χ2n) is 6.56. The van der Waals surface area contributed by atoms with E-state index in [0.29, 0.717) is 26.2 Å². The van der Waals surface area contributed by atoms with Crippen LogP contribution in [0.15, 0.2) is 22.9 Å². The molecular weight excluding hydrogens is 306 g/mol. The number of amides is 1. The average Bonchev–Trinajstić information content (AvgIpc) is 3.12. The van der Waals surface area contributed by atoms with Gasteiger partial charge in [0, 0.05) is 37.5 Å². The smallest absolute Gasteiger partial charge is 0.223 e. The fourth-order valence-corrected chi connectivity index (χ4v) is 3.64. The Morgan fingerprint density at radius 1 is 1.46 bits per heavy atom. The van der Waals surface area contributed by atoms with Gasteiger partial charge in [0.1, 0.15) is 5.76 Å². The molecule has 130 valence electrons. The van der Waals surface area contributed by atoms with Gasteiger partial charge in [-0.1, -0.05) is 12.1 Å². The summed E-state index contributed by atoms with van der Waals surface area (Å²) < 4.78 is 12.9. The molecule has 0 aromatic carbocycles. The van der Waals surface area contributed by atoms with Crippen LogP contribution in [0.25, 0.3) is 0 Å². The van der Waals surface area contributed by atoms with E-state index < -0.39 is 0 Å². The summed E-state index contributed by atoms with van der Waals surface area (Å²) in [6.45, 7) is 7.65. The predicted molar refractivity (Wildman–Crippen MR) is 89.7 cm³/mol. The van der Waals surface area contributed by atoms with Gasteiger partial charge in [0.05, 0.1) is 24.9 Å². The Bertz CT molecular complexity index is 699. The molecule has 0 bridgehead atoms. The highest BCUT2D eigenvalue weighted by atomic mass is 16.5. The van der Waals surface area contributed by atoms with E-state index in [9.17, 15) is 4.79 Å². The maximum Gasteiger partial charge on any atom is 0.223 e. The van der Waals surface area contributed by atoms with Gasteiger partial charge in [-0.2, -0.15) is 0 Å². The van der Waals surface area contributed by atoms with Crippen molar-refractivity contribution >= 4 is 5.91 Å². The van der Waals surface area contributed by atoms with Crippen LogP contribution in [0, 0.1) is 13.8 Å². The average molecular weight is 331 g/mol. The molecule has 1 aliphatic heterocycles. The highest BCUT2D eigenvalue weighted by Crippen LogP contribution is 2.30. The van der Waals surface area contributed by atoms with Crippen molar-refractivity contribution in [2.75, 3.05) is 19.8 Å². The van der Waals surface area contributed by atoms with E-state index in [2.05, 4.69) is 22.7 Å². The predicted octanol–water partition coefficient (Wildman–Crippen LogP) is 2.72. The Balaban J connectivity index is 1.76. The van der Waals surface area contributed by atoms with Crippen LogP contribution >= 0.6 is 0 Å². The van der Waals surface area contributed by atoms with E-state index in [4.69, 9.17) is 9.26 Å². The standard InChI is InChI=1S/C18H25N3O3/c1-12(18-13(2)19-24-14(18)3)10-17(22)21-8-9-23-11-16(21)15-6-5-7-20(15)4/h5-7,12,16H,8-11H2,1-4H3/t12-,16-/m1/s1. The zero-order valence-corrected chi connectivity index (χ0v) is 14.8. The second-order valence-corrected chi connectivity index (χ2v) is 6.56. The molecule has 0 unspecified atom stereocenters. The van der Waals surface area contributed by atoms with Crippen LogP contribution < -0.4 is 0 Å². The van der Waals surface area contributed by atoms with Crippen molar-refractivity contribution < 1.29 is 14.1 Å². The minimum atomic E-state index is -0.0249. The van der Waals surface area contributed by atoms with Gasteiger partial charge in [-0.05, 0) is 31.9 Å². The van der Waals surface area contributed by atoms with Crippen molar-refractivity contribution in [3.8, 4) is 0 Å². The number of aryl methyl sites for hydroxylation is 3. The summed E-state index contributed by atoms with van der Waals surface area (Å²) in [6, 6.07) is 4.03. The van der Waals surface area contributed by atoms with Gasteiger partial charge in [0.15, 0.2) is 0 Å². The molecule has 1 aliphatic rings. The first-order valence-electron chi connectivity index (χ1n) is 8.40. The normalized spacial score (nSPS) is 19.5. The molecule has 24 heavy (non-hydrogen) atoms. The Kier molecular flexibility index (Phi) is 4.76. The number of hydrogen-bond donors (Lipinski definition) is 0. The topological polar surface area (TPSA) is 60.5 Å². The Morgan fingerprint density at radius 2 is 2.25 bits per heavy atom. The molecule has 2 aromatic heterocycles. The third-order valence-electron chi connectivity index (χ3n) is 4.84. The van der Waals surface area contributed by atoms with Crippen LogP contribution in [0.1, 0.15) is 48.0 Å². The van der Waals surface area contributed by atoms with E-state index in [1.807, 2.05) is 38.1 Å². The number of carbonyl (C=O) groups excluding carboxylic acids is 1. The van der Waals surface area contributed by atoms with Gasteiger partial charge >= 0.3 is 0 Å². The van der Waals surface area contributed by atoms with Gasteiger partial charge < -0.3 is 18.7 Å². The lowest BCUT2D eigenvalue weighted by molar-refractivity contribution is -0.140. The first-order valence-corrected chi connectivity index (χ1v) is 8.40. The molecule has 0 saturated carbocycles. The molecule has 1 fully saturated rings. The van der Waals surface area contributed by atoms with Gasteiger partial charge in [-0.25, -0.2) is 0 Å². The van der Waals surface area contributed by atoms with Crippen molar-refractivity contribution in [2.24, 2.45) is 7.05 Å². The number of morpholine rings is 1.